The first kappa shape index (κ1) is 25.3. The van der Waals surface area contributed by atoms with E-state index in [1.54, 1.807) is 12.1 Å². The van der Waals surface area contributed by atoms with Gasteiger partial charge in [0.1, 0.15) is 0 Å². The summed E-state index contributed by atoms with van der Waals surface area (Å²) < 4.78 is 1.97. The molecule has 3 aromatic carbocycles. The summed E-state index contributed by atoms with van der Waals surface area (Å²) in [6.07, 6.45) is 0. The number of carbonyl (C=O) groups is 1. The summed E-state index contributed by atoms with van der Waals surface area (Å²) in [4.78, 5) is 12.8. The van der Waals surface area contributed by atoms with E-state index in [4.69, 9.17) is 23.2 Å². The van der Waals surface area contributed by atoms with Crippen molar-refractivity contribution in [1.29, 1.82) is 0 Å². The monoisotopic (exact) mass is 524 g/mol. The Hall–Kier alpha value is -2.80. The number of hydrogen-bond donors (Lipinski definition) is 1. The molecule has 0 radical (unpaired) electrons. The predicted octanol–water partition coefficient (Wildman–Crippen LogP) is 7.71. The second-order valence-electron chi connectivity index (χ2n) is 8.63. The topological polar surface area (TPSA) is 59.8 Å². The third kappa shape index (κ3) is 5.72. The normalized spacial score (nSPS) is 11.2. The zero-order valence-electron chi connectivity index (χ0n) is 20.0. The number of nitrogens with zero attached hydrogens (tertiary/aromatic N) is 3. The number of anilines is 1. The lowest BCUT2D eigenvalue weighted by Crippen LogP contribution is -2.15. The molecule has 0 saturated carbocycles. The summed E-state index contributed by atoms with van der Waals surface area (Å²) in [5.74, 6) is 0.938. The van der Waals surface area contributed by atoms with E-state index < -0.39 is 0 Å². The molecular weight excluding hydrogens is 499 g/mol. The Balaban J connectivity index is 1.70. The fraction of sp³-hybridized carbons (Fsp3) is 0.222. The average Bonchev–Trinajstić information content (AvgIpc) is 3.23. The van der Waals surface area contributed by atoms with Crippen molar-refractivity contribution < 1.29 is 4.79 Å². The smallest absolute Gasteiger partial charge is 0.234 e. The zero-order chi connectivity index (χ0) is 25.1. The molecule has 0 spiro atoms. The molecule has 8 heteroatoms. The summed E-state index contributed by atoms with van der Waals surface area (Å²) in [5, 5.41) is 13.6. The highest BCUT2D eigenvalue weighted by molar-refractivity contribution is 7.99. The zero-order valence-corrected chi connectivity index (χ0v) is 22.3. The van der Waals surface area contributed by atoms with Crippen LogP contribution in [0.1, 0.15) is 36.5 Å². The predicted molar refractivity (Wildman–Crippen MR) is 146 cm³/mol. The Morgan fingerprint density at radius 1 is 1.03 bits per heavy atom. The first-order chi connectivity index (χ1) is 16.7. The van der Waals surface area contributed by atoms with E-state index in [0.717, 1.165) is 28.1 Å². The minimum atomic E-state index is -0.111. The Bertz CT molecular complexity index is 1380. The van der Waals surface area contributed by atoms with Crippen LogP contribution in [0.4, 0.5) is 5.69 Å². The molecule has 0 aliphatic carbocycles. The lowest BCUT2D eigenvalue weighted by atomic mass is 10.0. The maximum absolute atomic E-state index is 12.8. The van der Waals surface area contributed by atoms with Gasteiger partial charge in [0, 0.05) is 16.3 Å². The SMILES string of the molecule is Cc1ccc(NC(=O)CSc2nnc(-c3ccc(Cl)cc3Cl)n2-c2ccccc2C(C)C)c(C)c1. The molecule has 35 heavy (non-hydrogen) atoms. The van der Waals surface area contributed by atoms with Crippen molar-refractivity contribution >= 4 is 46.6 Å². The van der Waals surface area contributed by atoms with Gasteiger partial charge in [-0.1, -0.05) is 84.7 Å². The molecule has 0 aliphatic heterocycles. The first-order valence-corrected chi connectivity index (χ1v) is 13.0. The molecule has 5 nitrogen and oxygen atoms in total. The standard InChI is InChI=1S/C27H26Cl2N4OS/c1-16(2)20-7-5-6-8-24(20)33-26(21-11-10-19(28)14-22(21)29)31-32-27(33)35-15-25(34)30-23-12-9-17(3)13-18(23)4/h5-14,16H,15H2,1-4H3,(H,30,34). The van der Waals surface area contributed by atoms with Gasteiger partial charge in [-0.2, -0.15) is 0 Å². The maximum Gasteiger partial charge on any atom is 0.234 e. The van der Waals surface area contributed by atoms with Gasteiger partial charge >= 0.3 is 0 Å². The van der Waals surface area contributed by atoms with Crippen LogP contribution in [-0.2, 0) is 4.79 Å². The van der Waals surface area contributed by atoms with Crippen molar-refractivity contribution in [2.24, 2.45) is 0 Å². The molecule has 1 N–H and O–H groups in total. The van der Waals surface area contributed by atoms with Gasteiger partial charge in [-0.3, -0.25) is 9.36 Å². The molecule has 180 valence electrons. The number of thioether (sulfide) groups is 1. The van der Waals surface area contributed by atoms with Gasteiger partial charge in [0.2, 0.25) is 5.91 Å². The van der Waals surface area contributed by atoms with Crippen LogP contribution in [0.25, 0.3) is 17.1 Å². The highest BCUT2D eigenvalue weighted by Gasteiger charge is 2.22. The molecule has 0 bridgehead atoms. The van der Waals surface area contributed by atoms with E-state index in [1.165, 1.54) is 11.8 Å². The van der Waals surface area contributed by atoms with Crippen molar-refractivity contribution in [3.63, 3.8) is 0 Å². The van der Waals surface area contributed by atoms with Gasteiger partial charge in [0.05, 0.1) is 16.5 Å². The van der Waals surface area contributed by atoms with Crippen LogP contribution >= 0.6 is 35.0 Å². The second-order valence-corrected chi connectivity index (χ2v) is 10.4. The van der Waals surface area contributed by atoms with Gasteiger partial charge in [0.15, 0.2) is 11.0 Å². The number of amides is 1. The molecule has 1 aromatic heterocycles. The molecule has 1 heterocycles. The lowest BCUT2D eigenvalue weighted by Gasteiger charge is -2.17. The maximum atomic E-state index is 12.8. The van der Waals surface area contributed by atoms with E-state index in [0.29, 0.717) is 26.6 Å². The molecule has 0 aliphatic rings. The van der Waals surface area contributed by atoms with Crippen LogP contribution in [0.2, 0.25) is 10.0 Å². The van der Waals surface area contributed by atoms with Crippen LogP contribution < -0.4 is 5.32 Å². The second kappa shape index (κ2) is 10.9. The number of halogens is 2. The minimum Gasteiger partial charge on any atom is -0.325 e. The molecule has 0 fully saturated rings. The third-order valence-electron chi connectivity index (χ3n) is 5.59. The summed E-state index contributed by atoms with van der Waals surface area (Å²) in [5.41, 5.74) is 5.79. The fourth-order valence-corrected chi connectivity index (χ4v) is 5.11. The Morgan fingerprint density at radius 2 is 1.80 bits per heavy atom. The first-order valence-electron chi connectivity index (χ1n) is 11.2. The van der Waals surface area contributed by atoms with Gasteiger partial charge in [0.25, 0.3) is 0 Å². The average molecular weight is 526 g/mol. The number of nitrogens with one attached hydrogen (secondary N) is 1. The van der Waals surface area contributed by atoms with E-state index >= 15 is 0 Å². The van der Waals surface area contributed by atoms with Gasteiger partial charge in [-0.15, -0.1) is 10.2 Å². The molecule has 0 saturated heterocycles. The van der Waals surface area contributed by atoms with Crippen molar-refractivity contribution in [2.75, 3.05) is 11.1 Å². The number of aromatic nitrogens is 3. The fourth-order valence-electron chi connectivity index (χ4n) is 3.88. The van der Waals surface area contributed by atoms with Crippen LogP contribution in [0.3, 0.4) is 0 Å². The number of aryl methyl sites for hydroxylation is 2. The van der Waals surface area contributed by atoms with Crippen LogP contribution in [0, 0.1) is 13.8 Å². The molecule has 0 unspecified atom stereocenters. The van der Waals surface area contributed by atoms with E-state index in [2.05, 4.69) is 35.4 Å². The number of rotatable bonds is 7. The van der Waals surface area contributed by atoms with Crippen LogP contribution in [0.5, 0.6) is 0 Å². The van der Waals surface area contributed by atoms with E-state index in [1.807, 2.05) is 60.9 Å². The van der Waals surface area contributed by atoms with Gasteiger partial charge < -0.3 is 5.32 Å². The van der Waals surface area contributed by atoms with E-state index in [-0.39, 0.29) is 17.6 Å². The van der Waals surface area contributed by atoms with Crippen molar-refractivity contribution in [3.05, 3.63) is 87.4 Å². The van der Waals surface area contributed by atoms with Crippen molar-refractivity contribution in [1.82, 2.24) is 14.8 Å². The van der Waals surface area contributed by atoms with Gasteiger partial charge in [-0.25, -0.2) is 0 Å². The molecule has 4 rings (SSSR count). The Labute approximate surface area is 219 Å². The van der Waals surface area contributed by atoms with E-state index in [9.17, 15) is 4.79 Å². The minimum absolute atomic E-state index is 0.111. The summed E-state index contributed by atoms with van der Waals surface area (Å²) in [6, 6.07) is 19.4. The summed E-state index contributed by atoms with van der Waals surface area (Å²) >= 11 is 14.0. The molecule has 4 aromatic rings. The summed E-state index contributed by atoms with van der Waals surface area (Å²) in [6.45, 7) is 8.29. The molecular formula is C27H26Cl2N4OS. The van der Waals surface area contributed by atoms with Crippen LogP contribution in [-0.4, -0.2) is 26.4 Å². The lowest BCUT2D eigenvalue weighted by molar-refractivity contribution is -0.113. The highest BCUT2D eigenvalue weighted by Crippen LogP contribution is 2.35. The summed E-state index contributed by atoms with van der Waals surface area (Å²) in [7, 11) is 0. The molecule has 1 amide bonds. The number of para-hydroxylation sites is 1. The van der Waals surface area contributed by atoms with Crippen molar-refractivity contribution in [3.8, 4) is 17.1 Å². The Morgan fingerprint density at radius 3 is 2.51 bits per heavy atom. The Kier molecular flexibility index (Phi) is 7.85. The number of carbonyl (C=O) groups excluding carboxylic acids is 1. The number of benzene rings is 3. The van der Waals surface area contributed by atoms with Gasteiger partial charge in [-0.05, 0) is 61.2 Å². The molecule has 0 atom stereocenters. The largest absolute Gasteiger partial charge is 0.325 e. The quantitative estimate of drug-likeness (QED) is 0.251. The highest BCUT2D eigenvalue weighted by atomic mass is 35.5. The third-order valence-corrected chi connectivity index (χ3v) is 7.07. The van der Waals surface area contributed by atoms with Crippen molar-refractivity contribution in [2.45, 2.75) is 38.8 Å². The van der Waals surface area contributed by atoms with Crippen LogP contribution in [0.15, 0.2) is 65.8 Å². The number of hydrogen-bond acceptors (Lipinski definition) is 4.